The number of benzene rings is 1. The van der Waals surface area contributed by atoms with Gasteiger partial charge in [0, 0.05) is 6.04 Å². The van der Waals surface area contributed by atoms with Gasteiger partial charge in [-0.15, -0.1) is 0 Å². The fourth-order valence-electron chi connectivity index (χ4n) is 1.92. The van der Waals surface area contributed by atoms with Crippen molar-refractivity contribution in [2.45, 2.75) is 11.3 Å². The van der Waals surface area contributed by atoms with Gasteiger partial charge in [0.2, 0.25) is 0 Å². The minimum atomic E-state index is -3.09. The molecule has 6 heteroatoms. The van der Waals surface area contributed by atoms with E-state index in [4.69, 9.17) is 22.1 Å². The molecule has 0 spiro atoms. The highest BCUT2D eigenvalue weighted by atomic mass is 35.5. The summed E-state index contributed by atoms with van der Waals surface area (Å²) < 4.78 is 28.1. The molecule has 1 aliphatic heterocycles. The van der Waals surface area contributed by atoms with Crippen LogP contribution in [0.2, 0.25) is 5.02 Å². The third-order valence-corrected chi connectivity index (χ3v) is 5.25. The van der Waals surface area contributed by atoms with Crippen molar-refractivity contribution in [1.82, 2.24) is 0 Å². The van der Waals surface area contributed by atoms with Crippen molar-refractivity contribution in [2.24, 2.45) is 5.73 Å². The normalized spacial score (nSPS) is 27.2. The number of hydrogen-bond acceptors (Lipinski definition) is 4. The van der Waals surface area contributed by atoms with E-state index in [9.17, 15) is 8.42 Å². The van der Waals surface area contributed by atoms with Crippen molar-refractivity contribution < 1.29 is 13.2 Å². The van der Waals surface area contributed by atoms with E-state index in [1.165, 1.54) is 7.11 Å². The molecule has 0 amide bonds. The quantitative estimate of drug-likeness (QED) is 0.867. The molecule has 16 heavy (non-hydrogen) atoms. The SMILES string of the molecule is COc1ccc(C2C(N)CS2(=O)=O)cc1Cl. The number of halogens is 1. The zero-order valence-electron chi connectivity index (χ0n) is 8.68. The van der Waals surface area contributed by atoms with Crippen molar-refractivity contribution in [2.75, 3.05) is 12.9 Å². The van der Waals surface area contributed by atoms with E-state index in [1.54, 1.807) is 18.2 Å². The van der Waals surface area contributed by atoms with Crippen LogP contribution in [0, 0.1) is 0 Å². The second-order valence-electron chi connectivity index (χ2n) is 3.81. The molecule has 1 heterocycles. The standard InChI is InChI=1S/C10H12ClNO3S/c1-15-9-3-2-6(4-7(9)11)10-8(12)5-16(10,13)14/h2-4,8,10H,5,12H2,1H3. The third kappa shape index (κ3) is 1.79. The fourth-order valence-corrected chi connectivity index (χ4v) is 3.95. The second-order valence-corrected chi connectivity index (χ2v) is 6.38. The van der Waals surface area contributed by atoms with Gasteiger partial charge in [0.1, 0.15) is 11.0 Å². The van der Waals surface area contributed by atoms with Gasteiger partial charge in [-0.3, -0.25) is 0 Å². The lowest BCUT2D eigenvalue weighted by molar-refractivity contribution is 0.414. The van der Waals surface area contributed by atoms with E-state index in [0.29, 0.717) is 16.3 Å². The lowest BCUT2D eigenvalue weighted by Crippen LogP contribution is -2.50. The van der Waals surface area contributed by atoms with Crippen molar-refractivity contribution in [3.8, 4) is 5.75 Å². The number of methoxy groups -OCH3 is 1. The number of hydrogen-bond donors (Lipinski definition) is 1. The maximum Gasteiger partial charge on any atom is 0.160 e. The van der Waals surface area contributed by atoms with Gasteiger partial charge in [0.15, 0.2) is 9.84 Å². The van der Waals surface area contributed by atoms with Gasteiger partial charge in [0.25, 0.3) is 0 Å². The average molecular weight is 262 g/mol. The van der Waals surface area contributed by atoms with Gasteiger partial charge in [-0.2, -0.15) is 0 Å². The van der Waals surface area contributed by atoms with Crippen molar-refractivity contribution in [3.63, 3.8) is 0 Å². The number of ether oxygens (including phenoxy) is 1. The minimum Gasteiger partial charge on any atom is -0.495 e. The first-order chi connectivity index (χ1) is 7.45. The summed E-state index contributed by atoms with van der Waals surface area (Å²) in [7, 11) is -1.58. The molecule has 2 rings (SSSR count). The number of nitrogens with two attached hydrogens (primary N) is 1. The molecule has 0 saturated carbocycles. The molecule has 2 N–H and O–H groups in total. The molecule has 0 radical (unpaired) electrons. The molecule has 1 saturated heterocycles. The van der Waals surface area contributed by atoms with Gasteiger partial charge in [-0.1, -0.05) is 17.7 Å². The van der Waals surface area contributed by atoms with Crippen LogP contribution in [0.5, 0.6) is 5.75 Å². The Kier molecular flexibility index (Phi) is 2.86. The number of sulfone groups is 1. The van der Waals surface area contributed by atoms with Crippen LogP contribution in [-0.2, 0) is 9.84 Å². The van der Waals surface area contributed by atoms with E-state index in [-0.39, 0.29) is 11.8 Å². The summed E-state index contributed by atoms with van der Waals surface area (Å²) in [5, 5.41) is -0.231. The third-order valence-electron chi connectivity index (χ3n) is 2.70. The van der Waals surface area contributed by atoms with Crippen LogP contribution < -0.4 is 10.5 Å². The lowest BCUT2D eigenvalue weighted by atomic mass is 10.1. The van der Waals surface area contributed by atoms with Crippen LogP contribution in [0.3, 0.4) is 0 Å². The van der Waals surface area contributed by atoms with Gasteiger partial charge in [-0.05, 0) is 17.7 Å². The predicted molar refractivity (Wildman–Crippen MR) is 62.5 cm³/mol. The van der Waals surface area contributed by atoms with Crippen LogP contribution in [0.25, 0.3) is 0 Å². The summed E-state index contributed by atoms with van der Waals surface area (Å²) in [4.78, 5) is 0. The first kappa shape index (κ1) is 11.7. The largest absolute Gasteiger partial charge is 0.495 e. The molecule has 1 aromatic carbocycles. The van der Waals surface area contributed by atoms with E-state index in [1.807, 2.05) is 0 Å². The molecule has 1 fully saturated rings. The predicted octanol–water partition coefficient (Wildman–Crippen LogP) is 1.15. The Labute approximate surface area is 99.3 Å². The maximum atomic E-state index is 11.5. The molecule has 0 aromatic heterocycles. The molecule has 0 bridgehead atoms. The smallest absolute Gasteiger partial charge is 0.160 e. The molecule has 1 aliphatic rings. The van der Waals surface area contributed by atoms with Crippen molar-refractivity contribution >= 4 is 21.4 Å². The Balaban J connectivity index is 2.39. The van der Waals surface area contributed by atoms with E-state index < -0.39 is 15.1 Å². The number of rotatable bonds is 2. The van der Waals surface area contributed by atoms with Gasteiger partial charge in [-0.25, -0.2) is 8.42 Å². The Hall–Kier alpha value is -0.780. The molecule has 1 aromatic rings. The van der Waals surface area contributed by atoms with Gasteiger partial charge >= 0.3 is 0 Å². The second kappa shape index (κ2) is 3.91. The zero-order chi connectivity index (χ0) is 11.9. The van der Waals surface area contributed by atoms with Crippen LogP contribution in [0.15, 0.2) is 18.2 Å². The average Bonchev–Trinajstić information content (AvgIpc) is 2.16. The van der Waals surface area contributed by atoms with Crippen molar-refractivity contribution in [1.29, 1.82) is 0 Å². The highest BCUT2D eigenvalue weighted by molar-refractivity contribution is 7.93. The van der Waals surface area contributed by atoms with E-state index in [2.05, 4.69) is 0 Å². The summed E-state index contributed by atoms with van der Waals surface area (Å²) in [5.74, 6) is 0.567. The summed E-state index contributed by atoms with van der Waals surface area (Å²) in [5.41, 5.74) is 6.33. The summed E-state index contributed by atoms with van der Waals surface area (Å²) in [6.45, 7) is 0. The fraction of sp³-hybridized carbons (Fsp3) is 0.400. The van der Waals surface area contributed by atoms with Crippen LogP contribution in [0.1, 0.15) is 10.8 Å². The monoisotopic (exact) mass is 261 g/mol. The molecule has 88 valence electrons. The maximum absolute atomic E-state index is 11.5. The molecule has 2 unspecified atom stereocenters. The first-order valence-electron chi connectivity index (χ1n) is 4.76. The molecular weight excluding hydrogens is 250 g/mol. The topological polar surface area (TPSA) is 69.4 Å². The van der Waals surface area contributed by atoms with Crippen molar-refractivity contribution in [3.05, 3.63) is 28.8 Å². The van der Waals surface area contributed by atoms with Crippen LogP contribution in [0.4, 0.5) is 0 Å². The zero-order valence-corrected chi connectivity index (χ0v) is 10.3. The van der Waals surface area contributed by atoms with Crippen LogP contribution in [-0.4, -0.2) is 27.3 Å². The molecule has 4 nitrogen and oxygen atoms in total. The molecule has 2 atom stereocenters. The summed E-state index contributed by atoms with van der Waals surface area (Å²) in [6, 6.07) is 4.60. The summed E-state index contributed by atoms with van der Waals surface area (Å²) >= 11 is 5.93. The molecular formula is C10H12ClNO3S. The van der Waals surface area contributed by atoms with Gasteiger partial charge in [0.05, 0.1) is 17.9 Å². The highest BCUT2D eigenvalue weighted by Crippen LogP contribution is 2.38. The first-order valence-corrected chi connectivity index (χ1v) is 6.85. The Morgan fingerprint density at radius 2 is 2.19 bits per heavy atom. The van der Waals surface area contributed by atoms with E-state index >= 15 is 0 Å². The lowest BCUT2D eigenvalue weighted by Gasteiger charge is -2.33. The Morgan fingerprint density at radius 1 is 1.50 bits per heavy atom. The van der Waals surface area contributed by atoms with Gasteiger partial charge < -0.3 is 10.5 Å². The summed E-state index contributed by atoms with van der Waals surface area (Å²) in [6.07, 6.45) is 0. The van der Waals surface area contributed by atoms with Crippen LogP contribution >= 0.6 is 11.6 Å². The Bertz CT molecular complexity index is 515. The Morgan fingerprint density at radius 3 is 2.62 bits per heavy atom. The van der Waals surface area contributed by atoms with E-state index in [0.717, 1.165) is 0 Å². The highest BCUT2D eigenvalue weighted by Gasteiger charge is 2.44. The molecule has 0 aliphatic carbocycles. The minimum absolute atomic E-state index is 0.0430.